The van der Waals surface area contributed by atoms with Crippen LogP contribution in [0.2, 0.25) is 0 Å². The number of hydrogen-bond acceptors (Lipinski definition) is 6. The molecule has 1 aromatic carbocycles. The second-order valence-electron chi connectivity index (χ2n) is 5.73. The standard InChI is InChI=1S/C18H22O6/c1-5-23-14(19)10-18(17(21)24-6-2)9-12-13(22-4)8-7-11(3)15(12)16(18)20/h7-8H,5-6,9-10H2,1-4H3. The van der Waals surface area contributed by atoms with Crippen LogP contribution in [-0.4, -0.2) is 38.0 Å². The van der Waals surface area contributed by atoms with Gasteiger partial charge < -0.3 is 14.2 Å². The number of rotatable bonds is 6. The fourth-order valence-corrected chi connectivity index (χ4v) is 3.16. The van der Waals surface area contributed by atoms with Gasteiger partial charge in [-0.1, -0.05) is 6.07 Å². The average Bonchev–Trinajstić information content (AvgIpc) is 2.83. The van der Waals surface area contributed by atoms with Crippen LogP contribution in [0.15, 0.2) is 12.1 Å². The molecule has 0 N–H and O–H groups in total. The number of ketones is 1. The maximum Gasteiger partial charge on any atom is 0.320 e. The van der Waals surface area contributed by atoms with Gasteiger partial charge in [-0.05, 0) is 32.4 Å². The molecular weight excluding hydrogens is 312 g/mol. The van der Waals surface area contributed by atoms with E-state index in [-0.39, 0.29) is 26.1 Å². The Morgan fingerprint density at radius 1 is 1.17 bits per heavy atom. The molecule has 1 aliphatic rings. The van der Waals surface area contributed by atoms with Gasteiger partial charge in [0.05, 0.1) is 26.7 Å². The number of hydrogen-bond donors (Lipinski definition) is 0. The minimum absolute atomic E-state index is 0.0731. The third kappa shape index (κ3) is 2.88. The molecule has 0 aliphatic heterocycles. The molecule has 0 amide bonds. The fourth-order valence-electron chi connectivity index (χ4n) is 3.16. The largest absolute Gasteiger partial charge is 0.496 e. The maximum atomic E-state index is 13.1. The summed E-state index contributed by atoms with van der Waals surface area (Å²) in [5.41, 5.74) is 0.238. The third-order valence-corrected chi connectivity index (χ3v) is 4.26. The molecule has 1 aromatic rings. The molecule has 2 rings (SSSR count). The van der Waals surface area contributed by atoms with Crippen molar-refractivity contribution >= 4 is 17.7 Å². The minimum Gasteiger partial charge on any atom is -0.496 e. The third-order valence-electron chi connectivity index (χ3n) is 4.26. The molecule has 1 atom stereocenters. The van der Waals surface area contributed by atoms with E-state index in [1.807, 2.05) is 0 Å². The highest BCUT2D eigenvalue weighted by Gasteiger charge is 2.55. The lowest BCUT2D eigenvalue weighted by atomic mass is 9.80. The average molecular weight is 334 g/mol. The summed E-state index contributed by atoms with van der Waals surface area (Å²) in [6.45, 7) is 5.44. The van der Waals surface area contributed by atoms with Gasteiger partial charge in [0, 0.05) is 17.5 Å². The number of Topliss-reactive ketones (excluding diaryl/α,β-unsaturated/α-hetero) is 1. The Bertz CT molecular complexity index is 678. The molecule has 0 heterocycles. The van der Waals surface area contributed by atoms with Gasteiger partial charge in [0.2, 0.25) is 0 Å². The Hall–Kier alpha value is -2.37. The molecule has 0 saturated carbocycles. The van der Waals surface area contributed by atoms with Crippen molar-refractivity contribution in [1.29, 1.82) is 0 Å². The lowest BCUT2D eigenvalue weighted by molar-refractivity contribution is -0.158. The molecule has 6 nitrogen and oxygen atoms in total. The molecule has 0 bridgehead atoms. The highest BCUT2D eigenvalue weighted by Crippen LogP contribution is 2.45. The van der Waals surface area contributed by atoms with Crippen molar-refractivity contribution in [2.45, 2.75) is 33.6 Å². The summed E-state index contributed by atoms with van der Waals surface area (Å²) in [6.07, 6.45) is -0.264. The van der Waals surface area contributed by atoms with Gasteiger partial charge in [-0.25, -0.2) is 0 Å². The van der Waals surface area contributed by atoms with Crippen molar-refractivity contribution < 1.29 is 28.6 Å². The highest BCUT2D eigenvalue weighted by molar-refractivity contribution is 6.18. The Balaban J connectivity index is 2.53. The van der Waals surface area contributed by atoms with Gasteiger partial charge in [0.1, 0.15) is 11.2 Å². The lowest BCUT2D eigenvalue weighted by Gasteiger charge is -2.24. The van der Waals surface area contributed by atoms with Gasteiger partial charge in [-0.3, -0.25) is 14.4 Å². The number of ether oxygens (including phenoxy) is 3. The van der Waals surface area contributed by atoms with Gasteiger partial charge in [0.25, 0.3) is 0 Å². The Kier molecular flexibility index (Phi) is 5.26. The van der Waals surface area contributed by atoms with Gasteiger partial charge in [0.15, 0.2) is 5.78 Å². The topological polar surface area (TPSA) is 78.9 Å². The monoisotopic (exact) mass is 334 g/mol. The van der Waals surface area contributed by atoms with E-state index < -0.39 is 23.1 Å². The van der Waals surface area contributed by atoms with Crippen LogP contribution in [0.3, 0.4) is 0 Å². The second-order valence-corrected chi connectivity index (χ2v) is 5.73. The van der Waals surface area contributed by atoms with Crippen LogP contribution in [0.25, 0.3) is 0 Å². The smallest absolute Gasteiger partial charge is 0.320 e. The molecule has 0 radical (unpaired) electrons. The quantitative estimate of drug-likeness (QED) is 0.586. The van der Waals surface area contributed by atoms with Crippen LogP contribution in [0, 0.1) is 12.3 Å². The van der Waals surface area contributed by atoms with Crippen molar-refractivity contribution in [2.24, 2.45) is 5.41 Å². The van der Waals surface area contributed by atoms with E-state index in [1.54, 1.807) is 32.9 Å². The van der Waals surface area contributed by atoms with E-state index in [1.165, 1.54) is 7.11 Å². The fraction of sp³-hybridized carbons (Fsp3) is 0.500. The van der Waals surface area contributed by atoms with Gasteiger partial charge >= 0.3 is 11.9 Å². The van der Waals surface area contributed by atoms with Crippen LogP contribution in [0.1, 0.15) is 41.8 Å². The molecule has 0 saturated heterocycles. The van der Waals surface area contributed by atoms with Crippen molar-refractivity contribution in [3.05, 3.63) is 28.8 Å². The van der Waals surface area contributed by atoms with Crippen LogP contribution in [-0.2, 0) is 25.5 Å². The summed E-state index contributed by atoms with van der Waals surface area (Å²) in [5, 5.41) is 0. The van der Waals surface area contributed by atoms with E-state index >= 15 is 0 Å². The van der Waals surface area contributed by atoms with Gasteiger partial charge in [-0.2, -0.15) is 0 Å². The number of carbonyl (C=O) groups is 3. The molecule has 1 unspecified atom stereocenters. The number of methoxy groups -OCH3 is 1. The predicted molar refractivity (Wildman–Crippen MR) is 86.1 cm³/mol. The number of fused-ring (bicyclic) bond motifs is 1. The number of benzene rings is 1. The first-order valence-corrected chi connectivity index (χ1v) is 7.95. The van der Waals surface area contributed by atoms with Crippen molar-refractivity contribution in [1.82, 2.24) is 0 Å². The molecule has 0 spiro atoms. The Labute approximate surface area is 141 Å². The summed E-state index contributed by atoms with van der Waals surface area (Å²) < 4.78 is 15.4. The summed E-state index contributed by atoms with van der Waals surface area (Å²) in [7, 11) is 1.51. The first-order chi connectivity index (χ1) is 11.4. The summed E-state index contributed by atoms with van der Waals surface area (Å²) in [5.74, 6) is -1.16. The Morgan fingerprint density at radius 2 is 1.83 bits per heavy atom. The van der Waals surface area contributed by atoms with Crippen LogP contribution < -0.4 is 4.74 Å². The maximum absolute atomic E-state index is 13.1. The Morgan fingerprint density at radius 3 is 2.42 bits per heavy atom. The van der Waals surface area contributed by atoms with E-state index in [9.17, 15) is 14.4 Å². The zero-order valence-corrected chi connectivity index (χ0v) is 14.4. The molecule has 1 aliphatic carbocycles. The van der Waals surface area contributed by atoms with Crippen molar-refractivity contribution in [3.63, 3.8) is 0 Å². The molecule has 6 heteroatoms. The first kappa shape index (κ1) is 18.0. The van der Waals surface area contributed by atoms with Crippen LogP contribution in [0.5, 0.6) is 5.75 Å². The lowest BCUT2D eigenvalue weighted by Crippen LogP contribution is -2.41. The summed E-state index contributed by atoms with van der Waals surface area (Å²) in [4.78, 5) is 37.7. The molecule has 0 aromatic heterocycles. The number of carbonyl (C=O) groups excluding carboxylic acids is 3. The van der Waals surface area contributed by atoms with Crippen LogP contribution in [0.4, 0.5) is 0 Å². The second kappa shape index (κ2) is 7.03. The van der Waals surface area contributed by atoms with Crippen molar-refractivity contribution in [3.8, 4) is 5.75 Å². The zero-order valence-electron chi connectivity index (χ0n) is 14.4. The number of esters is 2. The van der Waals surface area contributed by atoms with E-state index in [0.29, 0.717) is 16.9 Å². The van der Waals surface area contributed by atoms with E-state index in [2.05, 4.69) is 0 Å². The van der Waals surface area contributed by atoms with E-state index in [4.69, 9.17) is 14.2 Å². The zero-order chi connectivity index (χ0) is 17.9. The SMILES string of the molecule is CCOC(=O)CC1(C(=O)OCC)Cc2c(OC)ccc(C)c2C1=O. The minimum atomic E-state index is -1.58. The van der Waals surface area contributed by atoms with Crippen molar-refractivity contribution in [2.75, 3.05) is 20.3 Å². The van der Waals surface area contributed by atoms with Gasteiger partial charge in [-0.15, -0.1) is 0 Å². The predicted octanol–water partition coefficient (Wildman–Crippen LogP) is 2.25. The highest BCUT2D eigenvalue weighted by atomic mass is 16.5. The molecule has 130 valence electrons. The summed E-state index contributed by atoms with van der Waals surface area (Å²) in [6, 6.07) is 3.52. The summed E-state index contributed by atoms with van der Waals surface area (Å²) >= 11 is 0. The first-order valence-electron chi connectivity index (χ1n) is 7.95. The van der Waals surface area contributed by atoms with Crippen LogP contribution >= 0.6 is 0 Å². The number of aryl methyl sites for hydroxylation is 1. The van der Waals surface area contributed by atoms with E-state index in [0.717, 1.165) is 5.56 Å². The molecular formula is C18H22O6. The normalized spacial score (nSPS) is 18.9. The molecule has 24 heavy (non-hydrogen) atoms. The molecule has 0 fully saturated rings.